The van der Waals surface area contributed by atoms with Crippen molar-refractivity contribution in [1.82, 2.24) is 19.5 Å². The van der Waals surface area contributed by atoms with Gasteiger partial charge in [-0.3, -0.25) is 9.55 Å². The minimum absolute atomic E-state index is 0.347. The zero-order valence-electron chi connectivity index (χ0n) is 13.5. The van der Waals surface area contributed by atoms with E-state index in [-0.39, 0.29) is 0 Å². The van der Waals surface area contributed by atoms with Crippen LogP contribution < -0.4 is 5.32 Å². The number of aryl methyl sites for hydroxylation is 1. The summed E-state index contributed by atoms with van der Waals surface area (Å²) in [5, 5.41) is 3.75. The lowest BCUT2D eigenvalue weighted by Gasteiger charge is -2.09. The normalized spacial score (nSPS) is 11.1. The Bertz CT molecular complexity index is 1110. The molecule has 0 aliphatic rings. The van der Waals surface area contributed by atoms with Crippen LogP contribution in [-0.4, -0.2) is 19.5 Å². The molecule has 8 heteroatoms. The molecule has 5 nitrogen and oxygen atoms in total. The molecule has 0 amide bonds. The summed E-state index contributed by atoms with van der Waals surface area (Å²) >= 11 is 5.88. The molecular formula is C18H12ClF2N5. The van der Waals surface area contributed by atoms with Gasteiger partial charge in [0, 0.05) is 22.8 Å². The van der Waals surface area contributed by atoms with Crippen molar-refractivity contribution < 1.29 is 8.78 Å². The average molecular weight is 372 g/mol. The van der Waals surface area contributed by atoms with E-state index < -0.39 is 11.6 Å². The van der Waals surface area contributed by atoms with E-state index in [4.69, 9.17) is 11.6 Å². The molecule has 4 aromatic rings. The first-order chi connectivity index (χ1) is 12.5. The van der Waals surface area contributed by atoms with Gasteiger partial charge in [-0.2, -0.15) is 0 Å². The minimum atomic E-state index is -0.943. The zero-order valence-corrected chi connectivity index (χ0v) is 14.3. The molecule has 0 aliphatic carbocycles. The number of hydrogen-bond donors (Lipinski definition) is 1. The fourth-order valence-electron chi connectivity index (χ4n) is 2.69. The van der Waals surface area contributed by atoms with Gasteiger partial charge in [-0.25, -0.2) is 18.7 Å². The molecule has 1 N–H and O–H groups in total. The lowest BCUT2D eigenvalue weighted by Crippen LogP contribution is -2.04. The van der Waals surface area contributed by atoms with Gasteiger partial charge in [0.15, 0.2) is 23.3 Å². The lowest BCUT2D eigenvalue weighted by atomic mass is 10.3. The van der Waals surface area contributed by atoms with Crippen molar-refractivity contribution in [2.45, 2.75) is 6.92 Å². The van der Waals surface area contributed by atoms with Gasteiger partial charge in [0.25, 0.3) is 0 Å². The number of anilines is 2. The average Bonchev–Trinajstić information content (AvgIpc) is 2.92. The van der Waals surface area contributed by atoms with Gasteiger partial charge in [-0.1, -0.05) is 11.6 Å². The van der Waals surface area contributed by atoms with Crippen LogP contribution in [0.4, 0.5) is 20.3 Å². The summed E-state index contributed by atoms with van der Waals surface area (Å²) in [5.41, 5.74) is 1.56. The third kappa shape index (κ3) is 2.97. The summed E-state index contributed by atoms with van der Waals surface area (Å²) in [6.07, 6.45) is 3.09. The first kappa shape index (κ1) is 16.4. The van der Waals surface area contributed by atoms with E-state index in [1.165, 1.54) is 6.20 Å². The molecule has 0 bridgehead atoms. The smallest absolute Gasteiger partial charge is 0.161 e. The number of imidazole rings is 1. The van der Waals surface area contributed by atoms with E-state index in [2.05, 4.69) is 20.3 Å². The molecule has 0 atom stereocenters. The maximum Gasteiger partial charge on any atom is 0.161 e. The topological polar surface area (TPSA) is 55.6 Å². The van der Waals surface area contributed by atoms with E-state index in [1.807, 2.05) is 12.1 Å². The number of rotatable bonds is 3. The number of fused-ring (bicyclic) bond motifs is 1. The Balaban J connectivity index is 1.77. The van der Waals surface area contributed by atoms with Crippen LogP contribution in [0.3, 0.4) is 0 Å². The van der Waals surface area contributed by atoms with Gasteiger partial charge in [-0.05, 0) is 31.2 Å². The summed E-state index contributed by atoms with van der Waals surface area (Å²) in [6.45, 7) is 1.73. The van der Waals surface area contributed by atoms with Crippen molar-refractivity contribution in [3.8, 4) is 5.82 Å². The number of nitrogens with one attached hydrogen (secondary N) is 1. The quantitative estimate of drug-likeness (QED) is 0.562. The Hall–Kier alpha value is -3.06. The number of hydrogen-bond acceptors (Lipinski definition) is 4. The van der Waals surface area contributed by atoms with E-state index >= 15 is 0 Å². The molecule has 2 aromatic carbocycles. The van der Waals surface area contributed by atoms with Gasteiger partial charge in [0.1, 0.15) is 5.82 Å². The van der Waals surface area contributed by atoms with E-state index in [1.54, 1.807) is 29.8 Å². The van der Waals surface area contributed by atoms with Crippen molar-refractivity contribution in [3.63, 3.8) is 0 Å². The summed E-state index contributed by atoms with van der Waals surface area (Å²) in [7, 11) is 0. The summed E-state index contributed by atoms with van der Waals surface area (Å²) in [5.74, 6) is -0.403. The van der Waals surface area contributed by atoms with Gasteiger partial charge < -0.3 is 5.32 Å². The minimum Gasteiger partial charge on any atom is -0.339 e. The Morgan fingerprint density at radius 1 is 1.00 bits per heavy atom. The number of aromatic nitrogens is 4. The fourth-order valence-corrected chi connectivity index (χ4v) is 2.81. The number of nitrogens with zero attached hydrogens (tertiary/aromatic N) is 4. The third-order valence-electron chi connectivity index (χ3n) is 3.83. The lowest BCUT2D eigenvalue weighted by molar-refractivity contribution is 0.510. The molecule has 26 heavy (non-hydrogen) atoms. The van der Waals surface area contributed by atoms with Gasteiger partial charge in [0.05, 0.1) is 23.4 Å². The molecule has 0 saturated heterocycles. The molecule has 0 spiro atoms. The van der Waals surface area contributed by atoms with Crippen molar-refractivity contribution in [1.29, 1.82) is 0 Å². The molecule has 2 aromatic heterocycles. The first-order valence-electron chi connectivity index (χ1n) is 7.70. The van der Waals surface area contributed by atoms with Crippen molar-refractivity contribution in [3.05, 3.63) is 71.3 Å². The van der Waals surface area contributed by atoms with Crippen LogP contribution in [0, 0.1) is 18.6 Å². The largest absolute Gasteiger partial charge is 0.339 e. The standard InChI is InChI=1S/C18H12ClF2N5/c1-10-23-15-6-13(20)14(21)7-16(15)26(10)18-9-22-8-17(25-18)24-12-4-2-11(19)3-5-12/h2-9H,1H3,(H,24,25). The van der Waals surface area contributed by atoms with Crippen LogP contribution in [-0.2, 0) is 0 Å². The third-order valence-corrected chi connectivity index (χ3v) is 4.08. The molecule has 0 radical (unpaired) electrons. The Morgan fingerprint density at radius 2 is 1.73 bits per heavy atom. The predicted octanol–water partition coefficient (Wildman–Crippen LogP) is 4.80. The van der Waals surface area contributed by atoms with Crippen molar-refractivity contribution >= 4 is 34.1 Å². The first-order valence-corrected chi connectivity index (χ1v) is 8.08. The maximum atomic E-state index is 13.7. The van der Waals surface area contributed by atoms with E-state index in [0.717, 1.165) is 17.8 Å². The summed E-state index contributed by atoms with van der Waals surface area (Å²) in [6, 6.07) is 9.31. The summed E-state index contributed by atoms with van der Waals surface area (Å²) < 4.78 is 28.8. The molecule has 0 aliphatic heterocycles. The second-order valence-electron chi connectivity index (χ2n) is 5.64. The van der Waals surface area contributed by atoms with Crippen LogP contribution in [0.15, 0.2) is 48.8 Å². The van der Waals surface area contributed by atoms with Crippen molar-refractivity contribution in [2.24, 2.45) is 0 Å². The zero-order chi connectivity index (χ0) is 18.3. The Kier molecular flexibility index (Phi) is 4.00. The Morgan fingerprint density at radius 3 is 2.50 bits per heavy atom. The van der Waals surface area contributed by atoms with Crippen molar-refractivity contribution in [2.75, 3.05) is 5.32 Å². The number of halogens is 3. The van der Waals surface area contributed by atoms with Gasteiger partial charge >= 0.3 is 0 Å². The monoisotopic (exact) mass is 371 g/mol. The highest BCUT2D eigenvalue weighted by molar-refractivity contribution is 6.30. The van der Waals surface area contributed by atoms with E-state index in [9.17, 15) is 8.78 Å². The predicted molar refractivity (Wildman–Crippen MR) is 96.0 cm³/mol. The van der Waals surface area contributed by atoms with E-state index in [0.29, 0.717) is 33.5 Å². The molecule has 0 unspecified atom stereocenters. The summed E-state index contributed by atoms with van der Waals surface area (Å²) in [4.78, 5) is 12.9. The second-order valence-corrected chi connectivity index (χ2v) is 6.08. The van der Waals surface area contributed by atoms with Crippen LogP contribution in [0.25, 0.3) is 16.9 Å². The van der Waals surface area contributed by atoms with Crippen LogP contribution in [0.5, 0.6) is 0 Å². The molecule has 4 rings (SSSR count). The maximum absolute atomic E-state index is 13.7. The van der Waals surface area contributed by atoms with Gasteiger partial charge in [0.2, 0.25) is 0 Å². The molecule has 0 fully saturated rings. The molecular weight excluding hydrogens is 360 g/mol. The highest BCUT2D eigenvalue weighted by Crippen LogP contribution is 2.24. The van der Waals surface area contributed by atoms with Gasteiger partial charge in [-0.15, -0.1) is 0 Å². The molecule has 130 valence electrons. The number of benzene rings is 2. The molecule has 0 saturated carbocycles. The molecule has 2 heterocycles. The highest BCUT2D eigenvalue weighted by Gasteiger charge is 2.14. The van der Waals surface area contributed by atoms with Crippen LogP contribution in [0.2, 0.25) is 5.02 Å². The Labute approximate surface area is 152 Å². The SMILES string of the molecule is Cc1nc2cc(F)c(F)cc2n1-c1cncc(Nc2ccc(Cl)cc2)n1. The highest BCUT2D eigenvalue weighted by atomic mass is 35.5. The second kappa shape index (κ2) is 6.34. The van der Waals surface area contributed by atoms with Crippen LogP contribution >= 0.6 is 11.6 Å². The fraction of sp³-hybridized carbons (Fsp3) is 0.0556. The van der Waals surface area contributed by atoms with Crippen LogP contribution in [0.1, 0.15) is 5.82 Å².